The van der Waals surface area contributed by atoms with Gasteiger partial charge in [0.1, 0.15) is 5.69 Å². The average Bonchev–Trinajstić information content (AvgIpc) is 2.91. The topological polar surface area (TPSA) is 84.4 Å². The van der Waals surface area contributed by atoms with E-state index in [0.29, 0.717) is 17.2 Å². The van der Waals surface area contributed by atoms with E-state index in [0.717, 1.165) is 15.6 Å². The van der Waals surface area contributed by atoms with Crippen LogP contribution in [0, 0.1) is 6.92 Å². The zero-order valence-electron chi connectivity index (χ0n) is 11.2. The van der Waals surface area contributed by atoms with E-state index in [1.54, 1.807) is 13.2 Å². The second-order valence-electron chi connectivity index (χ2n) is 4.07. The van der Waals surface area contributed by atoms with Crippen LogP contribution < -0.4 is 9.47 Å². The summed E-state index contributed by atoms with van der Waals surface area (Å²) in [6, 6.07) is 3.24. The predicted octanol–water partition coefficient (Wildman–Crippen LogP) is 2.86. The number of halogens is 1. The van der Waals surface area contributed by atoms with E-state index in [1.165, 1.54) is 13.2 Å². The van der Waals surface area contributed by atoms with Gasteiger partial charge in [0.2, 0.25) is 0 Å². The van der Waals surface area contributed by atoms with Crippen molar-refractivity contribution in [1.82, 2.24) is 10.2 Å². The van der Waals surface area contributed by atoms with Crippen LogP contribution in [-0.4, -0.2) is 35.5 Å². The summed E-state index contributed by atoms with van der Waals surface area (Å²) in [4.78, 5) is 10.9. The fourth-order valence-corrected chi connectivity index (χ4v) is 2.45. The van der Waals surface area contributed by atoms with Gasteiger partial charge in [0, 0.05) is 5.56 Å². The van der Waals surface area contributed by atoms with Crippen molar-refractivity contribution in [3.63, 3.8) is 0 Å². The number of methoxy groups -OCH3 is 2. The number of hydrogen-bond donors (Lipinski definition) is 2. The van der Waals surface area contributed by atoms with Crippen LogP contribution in [0.5, 0.6) is 11.5 Å². The number of aromatic amines is 1. The van der Waals surface area contributed by atoms with Gasteiger partial charge >= 0.3 is 5.97 Å². The average molecular weight is 341 g/mol. The Morgan fingerprint density at radius 1 is 1.35 bits per heavy atom. The molecule has 106 valence electrons. The van der Waals surface area contributed by atoms with Crippen molar-refractivity contribution in [2.75, 3.05) is 14.2 Å². The number of nitrogens with zero attached hydrogens (tertiary/aromatic N) is 1. The summed E-state index contributed by atoms with van der Waals surface area (Å²) in [5, 5.41) is 15.4. The van der Waals surface area contributed by atoms with Crippen LogP contribution in [0.15, 0.2) is 16.6 Å². The van der Waals surface area contributed by atoms with E-state index in [1.807, 2.05) is 6.92 Å². The molecule has 0 bridgehead atoms. The van der Waals surface area contributed by atoms with E-state index in [-0.39, 0.29) is 5.69 Å². The zero-order chi connectivity index (χ0) is 14.9. The van der Waals surface area contributed by atoms with Crippen LogP contribution in [0.25, 0.3) is 11.3 Å². The molecule has 0 unspecified atom stereocenters. The third-order valence-corrected chi connectivity index (χ3v) is 3.89. The monoisotopic (exact) mass is 340 g/mol. The van der Waals surface area contributed by atoms with E-state index < -0.39 is 5.97 Å². The molecule has 7 heteroatoms. The zero-order valence-corrected chi connectivity index (χ0v) is 12.7. The first kappa shape index (κ1) is 14.4. The van der Waals surface area contributed by atoms with Gasteiger partial charge in [-0.3, -0.25) is 5.10 Å². The Labute approximate surface area is 123 Å². The van der Waals surface area contributed by atoms with Gasteiger partial charge < -0.3 is 14.6 Å². The maximum absolute atomic E-state index is 10.9. The molecule has 0 aliphatic heterocycles. The Morgan fingerprint density at radius 3 is 2.55 bits per heavy atom. The van der Waals surface area contributed by atoms with Crippen molar-refractivity contribution in [3.8, 4) is 22.8 Å². The molecule has 0 fully saturated rings. The molecule has 6 nitrogen and oxygen atoms in total. The SMILES string of the molecule is COc1cc(-c2cc(C(=O)O)[nH]n2)c(C)c(Br)c1OC. The van der Waals surface area contributed by atoms with Crippen molar-refractivity contribution >= 4 is 21.9 Å². The second kappa shape index (κ2) is 5.54. The molecule has 0 amide bonds. The highest BCUT2D eigenvalue weighted by Gasteiger charge is 2.18. The minimum Gasteiger partial charge on any atom is -0.493 e. The number of aromatic nitrogens is 2. The summed E-state index contributed by atoms with van der Waals surface area (Å²) in [5.41, 5.74) is 2.20. The van der Waals surface area contributed by atoms with E-state index in [2.05, 4.69) is 26.1 Å². The van der Waals surface area contributed by atoms with Crippen molar-refractivity contribution in [2.24, 2.45) is 0 Å². The highest BCUT2D eigenvalue weighted by atomic mass is 79.9. The number of carboxylic acids is 1. The van der Waals surface area contributed by atoms with Crippen molar-refractivity contribution in [2.45, 2.75) is 6.92 Å². The maximum atomic E-state index is 10.9. The largest absolute Gasteiger partial charge is 0.493 e. The van der Waals surface area contributed by atoms with E-state index in [9.17, 15) is 4.79 Å². The molecule has 0 atom stereocenters. The van der Waals surface area contributed by atoms with Gasteiger partial charge in [-0.25, -0.2) is 4.79 Å². The molecule has 20 heavy (non-hydrogen) atoms. The Morgan fingerprint density at radius 2 is 2.05 bits per heavy atom. The number of aromatic carboxylic acids is 1. The Kier molecular flexibility index (Phi) is 3.99. The maximum Gasteiger partial charge on any atom is 0.353 e. The fraction of sp³-hybridized carbons (Fsp3) is 0.231. The number of hydrogen-bond acceptors (Lipinski definition) is 4. The number of nitrogens with one attached hydrogen (secondary N) is 1. The molecule has 1 aromatic carbocycles. The molecule has 0 saturated heterocycles. The van der Waals surface area contributed by atoms with Gasteiger partial charge in [-0.1, -0.05) is 0 Å². The van der Waals surface area contributed by atoms with Gasteiger partial charge in [-0.05, 0) is 40.5 Å². The van der Waals surface area contributed by atoms with Crippen molar-refractivity contribution in [3.05, 3.63) is 27.9 Å². The summed E-state index contributed by atoms with van der Waals surface area (Å²) >= 11 is 3.46. The highest BCUT2D eigenvalue weighted by Crippen LogP contribution is 2.42. The second-order valence-corrected chi connectivity index (χ2v) is 4.86. The number of carboxylic acid groups (broad SMARTS) is 1. The first-order valence-electron chi connectivity index (χ1n) is 5.69. The molecule has 1 aromatic heterocycles. The summed E-state index contributed by atoms with van der Waals surface area (Å²) < 4.78 is 11.3. The molecule has 2 rings (SSSR count). The quantitative estimate of drug-likeness (QED) is 0.893. The molecule has 0 radical (unpaired) electrons. The minimum absolute atomic E-state index is 0.0327. The first-order valence-corrected chi connectivity index (χ1v) is 6.49. The van der Waals surface area contributed by atoms with Gasteiger partial charge in [-0.2, -0.15) is 5.10 Å². The summed E-state index contributed by atoms with van der Waals surface area (Å²) in [7, 11) is 3.09. The van der Waals surface area contributed by atoms with Gasteiger partial charge in [0.05, 0.1) is 24.4 Å². The van der Waals surface area contributed by atoms with Crippen LogP contribution in [0.3, 0.4) is 0 Å². The van der Waals surface area contributed by atoms with Crippen LogP contribution >= 0.6 is 15.9 Å². The smallest absolute Gasteiger partial charge is 0.353 e. The molecule has 2 aromatic rings. The lowest BCUT2D eigenvalue weighted by Crippen LogP contribution is -1.96. The fourth-order valence-electron chi connectivity index (χ4n) is 1.88. The summed E-state index contributed by atoms with van der Waals surface area (Å²) in [5.74, 6) is 0.0727. The standard InChI is InChI=1S/C13H13BrN2O4/c1-6-7(8-5-9(13(17)18)16-15-8)4-10(19-2)12(20-3)11(6)14/h4-5H,1-3H3,(H,15,16)(H,17,18). The highest BCUT2D eigenvalue weighted by molar-refractivity contribution is 9.10. The molecule has 1 heterocycles. The van der Waals surface area contributed by atoms with Crippen molar-refractivity contribution in [1.29, 1.82) is 0 Å². The lowest BCUT2D eigenvalue weighted by molar-refractivity contribution is 0.0690. The summed E-state index contributed by atoms with van der Waals surface area (Å²) in [6.07, 6.45) is 0. The first-order chi connectivity index (χ1) is 9.49. The molecule has 0 saturated carbocycles. The Hall–Kier alpha value is -2.02. The molecule has 0 aliphatic rings. The van der Waals surface area contributed by atoms with E-state index in [4.69, 9.17) is 14.6 Å². The molecular formula is C13H13BrN2O4. The number of H-pyrrole nitrogens is 1. The number of ether oxygens (including phenoxy) is 2. The van der Waals surface area contributed by atoms with Crippen LogP contribution in [0.2, 0.25) is 0 Å². The Bertz CT molecular complexity index is 667. The normalized spacial score (nSPS) is 10.4. The van der Waals surface area contributed by atoms with Crippen LogP contribution in [0.1, 0.15) is 16.1 Å². The number of benzene rings is 1. The van der Waals surface area contributed by atoms with E-state index >= 15 is 0 Å². The number of carbonyl (C=O) groups is 1. The molecule has 0 aliphatic carbocycles. The summed E-state index contributed by atoms with van der Waals surface area (Å²) in [6.45, 7) is 1.89. The Balaban J connectivity index is 2.61. The van der Waals surface area contributed by atoms with Gasteiger partial charge in [0.15, 0.2) is 11.5 Å². The molecular weight excluding hydrogens is 328 g/mol. The third kappa shape index (κ3) is 2.36. The lowest BCUT2D eigenvalue weighted by atomic mass is 10.0. The molecule has 2 N–H and O–H groups in total. The third-order valence-electron chi connectivity index (χ3n) is 2.94. The predicted molar refractivity (Wildman–Crippen MR) is 76.5 cm³/mol. The lowest BCUT2D eigenvalue weighted by Gasteiger charge is -2.14. The van der Waals surface area contributed by atoms with Crippen molar-refractivity contribution < 1.29 is 19.4 Å². The van der Waals surface area contributed by atoms with Gasteiger partial charge in [-0.15, -0.1) is 0 Å². The minimum atomic E-state index is -1.05. The van der Waals surface area contributed by atoms with Crippen LogP contribution in [0.4, 0.5) is 0 Å². The number of rotatable bonds is 4. The van der Waals surface area contributed by atoms with Crippen LogP contribution in [-0.2, 0) is 0 Å². The molecule has 0 spiro atoms. The van der Waals surface area contributed by atoms with Gasteiger partial charge in [0.25, 0.3) is 0 Å².